The number of furan rings is 1. The molecule has 1 aromatic heterocycles. The van der Waals surface area contributed by atoms with Gasteiger partial charge in [0.2, 0.25) is 0 Å². The smallest absolute Gasteiger partial charge is 0.294 e. The molecule has 1 aliphatic rings. The van der Waals surface area contributed by atoms with Crippen LogP contribution in [0.4, 0.5) is 10.1 Å². The summed E-state index contributed by atoms with van der Waals surface area (Å²) >= 11 is 0. The first-order valence-electron chi connectivity index (χ1n) is 8.49. The maximum Gasteiger partial charge on any atom is 0.294 e. The number of nitrogens with zero attached hydrogens (tertiary/aromatic N) is 1. The molecule has 1 aliphatic heterocycles. The van der Waals surface area contributed by atoms with Crippen LogP contribution in [0.3, 0.4) is 0 Å². The number of carbonyl (C=O) groups is 1. The molecule has 0 saturated carbocycles. The molecule has 0 aliphatic carbocycles. The van der Waals surface area contributed by atoms with E-state index >= 15 is 0 Å². The Morgan fingerprint density at radius 2 is 1.96 bits per heavy atom. The number of halogens is 1. The number of hydrogen-bond donors (Lipinski definition) is 0. The van der Waals surface area contributed by atoms with E-state index in [0.717, 1.165) is 17.7 Å². The van der Waals surface area contributed by atoms with Crippen LogP contribution in [0.15, 0.2) is 59.0 Å². The Balaban J connectivity index is 1.47. The molecule has 132 valence electrons. The minimum atomic E-state index is -0.315. The predicted octanol–water partition coefficient (Wildman–Crippen LogP) is 4.51. The number of anilines is 1. The normalized spacial score (nSPS) is 12.9. The molecule has 2 heterocycles. The summed E-state index contributed by atoms with van der Waals surface area (Å²) in [6, 6.07) is 15.2. The maximum atomic E-state index is 12.9. The van der Waals surface area contributed by atoms with Crippen molar-refractivity contribution in [3.05, 3.63) is 83.1 Å². The van der Waals surface area contributed by atoms with Gasteiger partial charge in [0.25, 0.3) is 5.91 Å². The van der Waals surface area contributed by atoms with Crippen LogP contribution in [0.1, 0.15) is 27.4 Å². The van der Waals surface area contributed by atoms with Crippen molar-refractivity contribution in [3.63, 3.8) is 0 Å². The molecule has 3 aromatic rings. The molecule has 5 heteroatoms. The van der Waals surface area contributed by atoms with Crippen LogP contribution in [0.2, 0.25) is 0 Å². The zero-order chi connectivity index (χ0) is 18.1. The number of hydrogen-bond acceptors (Lipinski definition) is 3. The molecular weight excluding hydrogens is 333 g/mol. The van der Waals surface area contributed by atoms with Crippen molar-refractivity contribution >= 4 is 11.6 Å². The number of fused-ring (bicyclic) bond motifs is 1. The van der Waals surface area contributed by atoms with Gasteiger partial charge < -0.3 is 14.1 Å². The van der Waals surface area contributed by atoms with E-state index < -0.39 is 0 Å². The average molecular weight is 351 g/mol. The van der Waals surface area contributed by atoms with E-state index in [-0.39, 0.29) is 18.3 Å². The highest BCUT2D eigenvalue weighted by molar-refractivity contribution is 6.06. The fourth-order valence-corrected chi connectivity index (χ4v) is 3.24. The quantitative estimate of drug-likeness (QED) is 0.695. The van der Waals surface area contributed by atoms with Crippen LogP contribution in [0.5, 0.6) is 5.75 Å². The average Bonchev–Trinajstić information content (AvgIpc) is 3.28. The lowest BCUT2D eigenvalue weighted by atomic mass is 10.1. The number of carbonyl (C=O) groups excluding carboxylic acids is 1. The van der Waals surface area contributed by atoms with Crippen LogP contribution in [-0.4, -0.2) is 12.5 Å². The second-order valence-corrected chi connectivity index (χ2v) is 6.30. The van der Waals surface area contributed by atoms with Crippen LogP contribution in [0.25, 0.3) is 0 Å². The van der Waals surface area contributed by atoms with E-state index in [1.807, 2.05) is 19.1 Å². The van der Waals surface area contributed by atoms with Crippen molar-refractivity contribution < 1.29 is 18.3 Å². The zero-order valence-corrected chi connectivity index (χ0v) is 14.4. The van der Waals surface area contributed by atoms with Crippen molar-refractivity contribution in [1.29, 1.82) is 0 Å². The van der Waals surface area contributed by atoms with Gasteiger partial charge in [0.1, 0.15) is 23.9 Å². The molecule has 4 nitrogen and oxygen atoms in total. The van der Waals surface area contributed by atoms with Crippen LogP contribution in [-0.2, 0) is 13.0 Å². The third kappa shape index (κ3) is 3.08. The molecular formula is C21H18FNO3. The van der Waals surface area contributed by atoms with Crippen LogP contribution < -0.4 is 9.64 Å². The summed E-state index contributed by atoms with van der Waals surface area (Å²) in [5.41, 5.74) is 3.25. The summed E-state index contributed by atoms with van der Waals surface area (Å²) in [6.07, 6.45) is 0.851. The second-order valence-electron chi connectivity index (χ2n) is 6.30. The van der Waals surface area contributed by atoms with Crippen molar-refractivity contribution in [2.45, 2.75) is 20.0 Å². The van der Waals surface area contributed by atoms with E-state index in [4.69, 9.17) is 9.15 Å². The summed E-state index contributed by atoms with van der Waals surface area (Å²) in [6.45, 7) is 2.84. The summed E-state index contributed by atoms with van der Waals surface area (Å²) in [7, 11) is 0. The second kappa shape index (κ2) is 6.67. The van der Waals surface area contributed by atoms with Gasteiger partial charge in [-0.15, -0.1) is 0 Å². The Labute approximate surface area is 150 Å². The molecule has 26 heavy (non-hydrogen) atoms. The van der Waals surface area contributed by atoms with Gasteiger partial charge in [-0.2, -0.15) is 0 Å². The molecule has 0 bridgehead atoms. The minimum absolute atomic E-state index is 0.147. The van der Waals surface area contributed by atoms with Gasteiger partial charge in [0.15, 0.2) is 5.76 Å². The van der Waals surface area contributed by atoms with Gasteiger partial charge in [-0.25, -0.2) is 4.39 Å². The standard InChI is InChI=1S/C21H18FNO3/c1-14-3-2-4-15-11-12-23(20(14)15)21(24)19-10-9-18(26-19)13-25-17-7-5-16(22)6-8-17/h2-10H,11-13H2,1H3. The summed E-state index contributed by atoms with van der Waals surface area (Å²) in [5, 5.41) is 0. The molecule has 0 radical (unpaired) electrons. The Hall–Kier alpha value is -3.08. The predicted molar refractivity (Wildman–Crippen MR) is 96.0 cm³/mol. The third-order valence-electron chi connectivity index (χ3n) is 4.51. The summed E-state index contributed by atoms with van der Waals surface area (Å²) in [5.74, 6) is 0.913. The fourth-order valence-electron chi connectivity index (χ4n) is 3.24. The molecule has 2 aromatic carbocycles. The van der Waals surface area contributed by atoms with E-state index in [0.29, 0.717) is 23.8 Å². The van der Waals surface area contributed by atoms with Crippen molar-refractivity contribution in [2.24, 2.45) is 0 Å². The Kier molecular flexibility index (Phi) is 4.21. The SMILES string of the molecule is Cc1cccc2c1N(C(=O)c1ccc(COc3ccc(F)cc3)o1)CC2. The monoisotopic (exact) mass is 351 g/mol. The van der Waals surface area contributed by atoms with E-state index in [9.17, 15) is 9.18 Å². The molecule has 4 rings (SSSR count). The molecule has 0 saturated heterocycles. The van der Waals surface area contributed by atoms with E-state index in [1.165, 1.54) is 17.7 Å². The Bertz CT molecular complexity index is 946. The van der Waals surface area contributed by atoms with Crippen LogP contribution >= 0.6 is 0 Å². The number of benzene rings is 2. The number of amides is 1. The molecule has 0 spiro atoms. The first-order chi connectivity index (χ1) is 12.6. The molecule has 1 amide bonds. The highest BCUT2D eigenvalue weighted by atomic mass is 19.1. The van der Waals surface area contributed by atoms with Gasteiger partial charge in [0.05, 0.1) is 5.69 Å². The highest BCUT2D eigenvalue weighted by Crippen LogP contribution is 2.32. The largest absolute Gasteiger partial charge is 0.486 e. The number of para-hydroxylation sites is 1. The van der Waals surface area contributed by atoms with Gasteiger partial charge >= 0.3 is 0 Å². The zero-order valence-electron chi connectivity index (χ0n) is 14.4. The van der Waals surface area contributed by atoms with Gasteiger partial charge in [-0.05, 0) is 60.9 Å². The van der Waals surface area contributed by atoms with Gasteiger partial charge in [-0.1, -0.05) is 18.2 Å². The highest BCUT2D eigenvalue weighted by Gasteiger charge is 2.28. The molecule has 0 unspecified atom stereocenters. The lowest BCUT2D eigenvalue weighted by Gasteiger charge is -2.17. The third-order valence-corrected chi connectivity index (χ3v) is 4.51. The Morgan fingerprint density at radius 1 is 1.15 bits per heavy atom. The van der Waals surface area contributed by atoms with E-state index in [2.05, 4.69) is 6.07 Å². The van der Waals surface area contributed by atoms with Crippen molar-refractivity contribution in [2.75, 3.05) is 11.4 Å². The molecule has 0 N–H and O–H groups in total. The minimum Gasteiger partial charge on any atom is -0.486 e. The lowest BCUT2D eigenvalue weighted by molar-refractivity contribution is 0.0958. The summed E-state index contributed by atoms with van der Waals surface area (Å²) < 4.78 is 24.1. The number of aryl methyl sites for hydroxylation is 1. The van der Waals surface area contributed by atoms with Crippen molar-refractivity contribution in [3.8, 4) is 5.75 Å². The molecule has 0 fully saturated rings. The Morgan fingerprint density at radius 3 is 2.77 bits per heavy atom. The number of ether oxygens (including phenoxy) is 1. The molecule has 0 atom stereocenters. The fraction of sp³-hybridized carbons (Fsp3) is 0.190. The summed E-state index contributed by atoms with van der Waals surface area (Å²) in [4.78, 5) is 14.6. The van der Waals surface area contributed by atoms with Gasteiger partial charge in [-0.3, -0.25) is 4.79 Å². The van der Waals surface area contributed by atoms with Crippen molar-refractivity contribution in [1.82, 2.24) is 0 Å². The number of rotatable bonds is 4. The first-order valence-corrected chi connectivity index (χ1v) is 8.49. The lowest BCUT2D eigenvalue weighted by Crippen LogP contribution is -2.29. The first kappa shape index (κ1) is 16.4. The van der Waals surface area contributed by atoms with E-state index in [1.54, 1.807) is 29.2 Å². The topological polar surface area (TPSA) is 42.7 Å². The van der Waals surface area contributed by atoms with Crippen LogP contribution in [0, 0.1) is 12.7 Å². The van der Waals surface area contributed by atoms with Gasteiger partial charge in [0, 0.05) is 6.54 Å². The maximum absolute atomic E-state index is 12.9.